The molecule has 0 aliphatic carbocycles. The van der Waals surface area contributed by atoms with E-state index in [1.54, 1.807) is 0 Å². The van der Waals surface area contributed by atoms with Gasteiger partial charge in [-0.05, 0) is 34.6 Å². The van der Waals surface area contributed by atoms with Crippen molar-refractivity contribution >= 4 is 0 Å². The van der Waals surface area contributed by atoms with Gasteiger partial charge in [-0.1, -0.05) is 0 Å². The molecule has 0 aromatic rings. The Kier molecular flexibility index (Phi) is 3.15. The van der Waals surface area contributed by atoms with Gasteiger partial charge in [-0.15, -0.1) is 0 Å². The van der Waals surface area contributed by atoms with Crippen molar-refractivity contribution in [2.24, 2.45) is 0 Å². The van der Waals surface area contributed by atoms with Gasteiger partial charge < -0.3 is 0 Å². The zero-order chi connectivity index (χ0) is 7.49. The molecule has 0 amide bonds. The van der Waals surface area contributed by atoms with Crippen molar-refractivity contribution in [3.05, 3.63) is 0 Å². The lowest BCUT2D eigenvalue weighted by molar-refractivity contribution is -0.367. The molecule has 0 saturated heterocycles. The molecule has 0 spiro atoms. The zero-order valence-electron chi connectivity index (χ0n) is 6.89. The lowest BCUT2D eigenvalue weighted by atomic mass is 10.2. The van der Waals surface area contributed by atoms with Crippen molar-refractivity contribution < 1.29 is 9.78 Å². The predicted octanol–water partition coefficient (Wildman–Crippen LogP) is 2.14. The molecule has 0 radical (unpaired) electrons. The summed E-state index contributed by atoms with van der Waals surface area (Å²) in [5.41, 5.74) is -0.190. The Balaban J connectivity index is 3.28. The molecule has 0 fully saturated rings. The Hall–Kier alpha value is -0.0800. The van der Waals surface area contributed by atoms with Gasteiger partial charge in [0.05, 0.1) is 11.7 Å². The highest BCUT2D eigenvalue weighted by Gasteiger charge is 2.11. The number of hydrogen-bond acceptors (Lipinski definition) is 2. The van der Waals surface area contributed by atoms with E-state index in [0.717, 1.165) is 0 Å². The third-order valence-electron chi connectivity index (χ3n) is 0.491. The second-order valence-corrected chi connectivity index (χ2v) is 3.34. The van der Waals surface area contributed by atoms with Crippen LogP contribution in [0.5, 0.6) is 0 Å². The standard InChI is InChI=1S/C7H16O2/c1-6(2)8-9-7(3,4)5/h6H,1-5H3. The highest BCUT2D eigenvalue weighted by molar-refractivity contribution is 4.54. The highest BCUT2D eigenvalue weighted by atomic mass is 17.2. The molecule has 9 heavy (non-hydrogen) atoms. The Morgan fingerprint density at radius 2 is 1.56 bits per heavy atom. The molecule has 0 unspecified atom stereocenters. The molecule has 0 aromatic heterocycles. The van der Waals surface area contributed by atoms with E-state index >= 15 is 0 Å². The molecule has 0 atom stereocenters. The molecule has 0 aromatic carbocycles. The average Bonchev–Trinajstić information content (AvgIpc) is 1.59. The summed E-state index contributed by atoms with van der Waals surface area (Å²) in [5, 5.41) is 0. The minimum absolute atomic E-state index is 0.143. The average molecular weight is 132 g/mol. The smallest absolute Gasteiger partial charge is 0.0952 e. The Labute approximate surface area is 57.1 Å². The summed E-state index contributed by atoms with van der Waals surface area (Å²) >= 11 is 0. The van der Waals surface area contributed by atoms with Crippen LogP contribution in [0.4, 0.5) is 0 Å². The normalized spacial score (nSPS) is 12.7. The van der Waals surface area contributed by atoms with Gasteiger partial charge in [0.25, 0.3) is 0 Å². The molecular weight excluding hydrogens is 116 g/mol. The first-order valence-electron chi connectivity index (χ1n) is 3.26. The lowest BCUT2D eigenvalue weighted by Gasteiger charge is -2.18. The van der Waals surface area contributed by atoms with Crippen LogP contribution in [0.2, 0.25) is 0 Å². The van der Waals surface area contributed by atoms with Gasteiger partial charge in [0.1, 0.15) is 0 Å². The lowest BCUT2D eigenvalue weighted by Crippen LogP contribution is -2.21. The van der Waals surface area contributed by atoms with Crippen LogP contribution in [0.3, 0.4) is 0 Å². The van der Waals surface area contributed by atoms with Crippen LogP contribution in [-0.2, 0) is 9.78 Å². The van der Waals surface area contributed by atoms with E-state index in [2.05, 4.69) is 0 Å². The van der Waals surface area contributed by atoms with E-state index in [1.807, 2.05) is 34.6 Å². The fourth-order valence-electron chi connectivity index (χ4n) is 0.241. The fraction of sp³-hybridized carbons (Fsp3) is 1.00. The highest BCUT2D eigenvalue weighted by Crippen LogP contribution is 2.08. The summed E-state index contributed by atoms with van der Waals surface area (Å²) in [4.78, 5) is 9.90. The quantitative estimate of drug-likeness (QED) is 0.423. The third kappa shape index (κ3) is 7.92. The van der Waals surface area contributed by atoms with Crippen LogP contribution in [0.15, 0.2) is 0 Å². The molecule has 56 valence electrons. The van der Waals surface area contributed by atoms with Gasteiger partial charge in [-0.25, -0.2) is 9.78 Å². The summed E-state index contributed by atoms with van der Waals surface area (Å²) in [6.07, 6.45) is 0.143. The van der Waals surface area contributed by atoms with E-state index < -0.39 is 0 Å². The van der Waals surface area contributed by atoms with Crippen molar-refractivity contribution in [2.45, 2.75) is 46.3 Å². The maximum Gasteiger partial charge on any atom is 0.0952 e. The van der Waals surface area contributed by atoms with E-state index in [9.17, 15) is 0 Å². The Morgan fingerprint density at radius 3 is 1.67 bits per heavy atom. The molecular formula is C7H16O2. The van der Waals surface area contributed by atoms with Gasteiger partial charge in [-0.2, -0.15) is 0 Å². The number of rotatable bonds is 2. The van der Waals surface area contributed by atoms with Crippen LogP contribution in [0, 0.1) is 0 Å². The van der Waals surface area contributed by atoms with Crippen molar-refractivity contribution in [1.82, 2.24) is 0 Å². The topological polar surface area (TPSA) is 18.5 Å². The minimum atomic E-state index is -0.190. The van der Waals surface area contributed by atoms with E-state index in [4.69, 9.17) is 9.78 Å². The molecule has 2 heteroatoms. The van der Waals surface area contributed by atoms with Crippen LogP contribution in [0.1, 0.15) is 34.6 Å². The first kappa shape index (κ1) is 8.92. The molecule has 0 heterocycles. The number of hydrogen-bond donors (Lipinski definition) is 0. The van der Waals surface area contributed by atoms with Crippen molar-refractivity contribution in [3.8, 4) is 0 Å². The molecule has 0 saturated carbocycles. The van der Waals surface area contributed by atoms with Gasteiger partial charge in [0, 0.05) is 0 Å². The molecule has 0 N–H and O–H groups in total. The maximum absolute atomic E-state index is 4.99. The summed E-state index contributed by atoms with van der Waals surface area (Å²) in [7, 11) is 0. The van der Waals surface area contributed by atoms with Gasteiger partial charge in [0.2, 0.25) is 0 Å². The predicted molar refractivity (Wildman–Crippen MR) is 37.1 cm³/mol. The van der Waals surface area contributed by atoms with Crippen LogP contribution in [-0.4, -0.2) is 11.7 Å². The van der Waals surface area contributed by atoms with Crippen LogP contribution >= 0.6 is 0 Å². The van der Waals surface area contributed by atoms with Gasteiger partial charge >= 0.3 is 0 Å². The summed E-state index contributed by atoms with van der Waals surface area (Å²) < 4.78 is 0. The van der Waals surface area contributed by atoms with Crippen molar-refractivity contribution in [1.29, 1.82) is 0 Å². The summed E-state index contributed by atoms with van der Waals surface area (Å²) in [6.45, 7) is 9.73. The first-order chi connectivity index (χ1) is 3.92. The molecule has 0 aliphatic rings. The van der Waals surface area contributed by atoms with E-state index in [-0.39, 0.29) is 11.7 Å². The van der Waals surface area contributed by atoms with E-state index in [1.165, 1.54) is 0 Å². The first-order valence-corrected chi connectivity index (χ1v) is 3.26. The SMILES string of the molecule is CC(C)OOC(C)(C)C. The summed E-state index contributed by atoms with van der Waals surface area (Å²) in [5.74, 6) is 0. The van der Waals surface area contributed by atoms with Crippen molar-refractivity contribution in [3.63, 3.8) is 0 Å². The molecule has 2 nitrogen and oxygen atoms in total. The molecule has 0 rings (SSSR count). The molecule has 0 aliphatic heterocycles. The second kappa shape index (κ2) is 3.18. The van der Waals surface area contributed by atoms with Gasteiger partial charge in [-0.3, -0.25) is 0 Å². The van der Waals surface area contributed by atoms with Gasteiger partial charge in [0.15, 0.2) is 0 Å². The van der Waals surface area contributed by atoms with Crippen LogP contribution < -0.4 is 0 Å². The van der Waals surface area contributed by atoms with Crippen LogP contribution in [0.25, 0.3) is 0 Å². The van der Waals surface area contributed by atoms with E-state index in [0.29, 0.717) is 0 Å². The third-order valence-corrected chi connectivity index (χ3v) is 0.491. The minimum Gasteiger partial charge on any atom is -0.233 e. The largest absolute Gasteiger partial charge is 0.233 e. The Morgan fingerprint density at radius 1 is 1.11 bits per heavy atom. The summed E-state index contributed by atoms with van der Waals surface area (Å²) in [6, 6.07) is 0. The fourth-order valence-corrected chi connectivity index (χ4v) is 0.241. The molecule has 0 bridgehead atoms. The Bertz CT molecular complexity index is 71.5. The zero-order valence-corrected chi connectivity index (χ0v) is 6.89. The van der Waals surface area contributed by atoms with Crippen molar-refractivity contribution in [2.75, 3.05) is 0 Å². The maximum atomic E-state index is 4.99. The monoisotopic (exact) mass is 132 g/mol. The second-order valence-electron chi connectivity index (χ2n) is 3.34.